The van der Waals surface area contributed by atoms with Gasteiger partial charge in [-0.15, -0.1) is 0 Å². The molecule has 2 rings (SSSR count). The van der Waals surface area contributed by atoms with Crippen molar-refractivity contribution < 1.29 is 14.3 Å². The van der Waals surface area contributed by atoms with E-state index in [-0.39, 0.29) is 30.4 Å². The number of esters is 1. The lowest BCUT2D eigenvalue weighted by molar-refractivity contribution is -0.150. The van der Waals surface area contributed by atoms with E-state index < -0.39 is 0 Å². The summed E-state index contributed by atoms with van der Waals surface area (Å²) < 4.78 is 4.73. The zero-order chi connectivity index (χ0) is 13.8. The van der Waals surface area contributed by atoms with Crippen molar-refractivity contribution >= 4 is 11.9 Å². The molecule has 0 aromatic heterocycles. The van der Waals surface area contributed by atoms with Crippen LogP contribution >= 0.6 is 0 Å². The average Bonchev–Trinajstić information content (AvgIpc) is 3.05. The van der Waals surface area contributed by atoms with E-state index in [1.54, 1.807) is 4.90 Å². The zero-order valence-electron chi connectivity index (χ0n) is 11.9. The number of ether oxygens (including phenoxy) is 1. The van der Waals surface area contributed by atoms with Crippen LogP contribution in [0, 0.1) is 5.92 Å². The molecule has 1 aliphatic carbocycles. The summed E-state index contributed by atoms with van der Waals surface area (Å²) in [5.41, 5.74) is 0. The molecule has 0 bridgehead atoms. The zero-order valence-corrected chi connectivity index (χ0v) is 11.9. The minimum Gasteiger partial charge on any atom is -0.468 e. The minimum absolute atomic E-state index is 0.0512. The monoisotopic (exact) mass is 268 g/mol. The van der Waals surface area contributed by atoms with Crippen molar-refractivity contribution in [3.63, 3.8) is 0 Å². The number of hydrogen-bond donors (Lipinski definition) is 0. The van der Waals surface area contributed by atoms with Crippen molar-refractivity contribution in [3.05, 3.63) is 0 Å². The predicted molar refractivity (Wildman–Crippen MR) is 71.6 cm³/mol. The molecule has 1 heterocycles. The highest BCUT2D eigenvalue weighted by molar-refractivity contribution is 5.84. The molecule has 19 heavy (non-hydrogen) atoms. The fourth-order valence-electron chi connectivity index (χ4n) is 3.18. The molecule has 5 nitrogen and oxygen atoms in total. The molecule has 0 radical (unpaired) electrons. The number of methoxy groups -OCH3 is 1. The Morgan fingerprint density at radius 2 is 1.95 bits per heavy atom. The lowest BCUT2D eigenvalue weighted by Gasteiger charge is -2.30. The van der Waals surface area contributed by atoms with E-state index in [2.05, 4.69) is 4.90 Å². The van der Waals surface area contributed by atoms with Crippen molar-refractivity contribution in [1.82, 2.24) is 9.80 Å². The standard InChI is InChI=1S/C14H24N2O3/c1-15-8-7-11(9-15)14(18)16(10-13(17)19-2)12-5-3-4-6-12/h11-12H,3-10H2,1-2H3. The van der Waals surface area contributed by atoms with E-state index in [1.807, 2.05) is 7.05 Å². The Morgan fingerprint density at radius 3 is 2.47 bits per heavy atom. The van der Waals surface area contributed by atoms with Gasteiger partial charge in [0.1, 0.15) is 6.54 Å². The van der Waals surface area contributed by atoms with Gasteiger partial charge in [-0.25, -0.2) is 0 Å². The van der Waals surface area contributed by atoms with E-state index in [0.717, 1.165) is 45.2 Å². The third kappa shape index (κ3) is 3.47. The summed E-state index contributed by atoms with van der Waals surface area (Å²) >= 11 is 0. The smallest absolute Gasteiger partial charge is 0.325 e. The summed E-state index contributed by atoms with van der Waals surface area (Å²) in [4.78, 5) is 28.1. The number of carbonyl (C=O) groups excluding carboxylic acids is 2. The minimum atomic E-state index is -0.313. The maximum atomic E-state index is 12.6. The Labute approximate surface area is 114 Å². The van der Waals surface area contributed by atoms with Crippen molar-refractivity contribution in [2.45, 2.75) is 38.1 Å². The van der Waals surface area contributed by atoms with Crippen LogP contribution in [0.4, 0.5) is 0 Å². The molecule has 1 saturated carbocycles. The number of nitrogens with zero attached hydrogens (tertiary/aromatic N) is 2. The molecule has 2 fully saturated rings. The highest BCUT2D eigenvalue weighted by Crippen LogP contribution is 2.26. The summed E-state index contributed by atoms with van der Waals surface area (Å²) in [5, 5.41) is 0. The van der Waals surface area contributed by atoms with Gasteiger partial charge in [0, 0.05) is 12.6 Å². The first-order chi connectivity index (χ1) is 9.11. The second-order valence-corrected chi connectivity index (χ2v) is 5.73. The van der Waals surface area contributed by atoms with E-state index in [1.165, 1.54) is 7.11 Å². The average molecular weight is 268 g/mol. The fraction of sp³-hybridized carbons (Fsp3) is 0.857. The van der Waals surface area contributed by atoms with Crippen LogP contribution in [0.5, 0.6) is 0 Å². The Kier molecular flexibility index (Phi) is 4.80. The van der Waals surface area contributed by atoms with Gasteiger partial charge in [0.25, 0.3) is 0 Å². The molecule has 5 heteroatoms. The van der Waals surface area contributed by atoms with Crippen LogP contribution in [-0.4, -0.2) is 61.5 Å². The number of likely N-dealkylation sites (tertiary alicyclic amines) is 1. The molecular weight excluding hydrogens is 244 g/mol. The first-order valence-electron chi connectivity index (χ1n) is 7.17. The summed E-state index contributed by atoms with van der Waals surface area (Å²) in [7, 11) is 3.41. The number of hydrogen-bond acceptors (Lipinski definition) is 4. The lowest BCUT2D eigenvalue weighted by Crippen LogP contribution is -2.46. The van der Waals surface area contributed by atoms with Crippen LogP contribution in [0.1, 0.15) is 32.1 Å². The summed E-state index contributed by atoms with van der Waals surface area (Å²) in [6, 6.07) is 0.234. The van der Waals surface area contributed by atoms with Crippen molar-refractivity contribution in [3.8, 4) is 0 Å². The normalized spacial score (nSPS) is 24.6. The highest BCUT2D eigenvalue weighted by atomic mass is 16.5. The predicted octanol–water partition coefficient (Wildman–Crippen LogP) is 0.882. The van der Waals surface area contributed by atoms with Gasteiger partial charge in [-0.05, 0) is 32.9 Å². The molecule has 1 unspecified atom stereocenters. The van der Waals surface area contributed by atoms with Crippen LogP contribution in [0.15, 0.2) is 0 Å². The SMILES string of the molecule is COC(=O)CN(C(=O)C1CCN(C)C1)C1CCCC1. The third-order valence-corrected chi connectivity index (χ3v) is 4.32. The van der Waals surface area contributed by atoms with Gasteiger partial charge in [0.15, 0.2) is 0 Å². The van der Waals surface area contributed by atoms with Gasteiger partial charge in [-0.3, -0.25) is 9.59 Å². The first-order valence-corrected chi connectivity index (χ1v) is 7.17. The molecule has 1 amide bonds. The molecule has 0 aromatic rings. The van der Waals surface area contributed by atoms with Crippen molar-refractivity contribution in [2.24, 2.45) is 5.92 Å². The Bertz CT molecular complexity index is 340. The summed E-state index contributed by atoms with van der Waals surface area (Å²) in [5.74, 6) is -0.122. The molecule has 0 N–H and O–H groups in total. The van der Waals surface area contributed by atoms with Gasteiger partial charge in [-0.1, -0.05) is 12.8 Å². The van der Waals surface area contributed by atoms with Gasteiger partial charge < -0.3 is 14.5 Å². The van der Waals surface area contributed by atoms with Crippen LogP contribution in [0.3, 0.4) is 0 Å². The van der Waals surface area contributed by atoms with Crippen LogP contribution < -0.4 is 0 Å². The molecule has 108 valence electrons. The number of carbonyl (C=O) groups is 2. The second-order valence-electron chi connectivity index (χ2n) is 5.73. The third-order valence-electron chi connectivity index (χ3n) is 4.32. The van der Waals surface area contributed by atoms with Gasteiger partial charge in [-0.2, -0.15) is 0 Å². The molecular formula is C14H24N2O3. The molecule has 1 aliphatic heterocycles. The van der Waals surface area contributed by atoms with E-state index in [0.29, 0.717) is 0 Å². The highest BCUT2D eigenvalue weighted by Gasteiger charge is 2.35. The largest absolute Gasteiger partial charge is 0.468 e. The summed E-state index contributed by atoms with van der Waals surface area (Å²) in [6.07, 6.45) is 5.25. The first kappa shape index (κ1) is 14.3. The maximum absolute atomic E-state index is 12.6. The molecule has 2 aliphatic rings. The Morgan fingerprint density at radius 1 is 1.26 bits per heavy atom. The van der Waals surface area contributed by atoms with Crippen LogP contribution in [0.25, 0.3) is 0 Å². The topological polar surface area (TPSA) is 49.9 Å². The molecule has 1 atom stereocenters. The van der Waals surface area contributed by atoms with Crippen molar-refractivity contribution in [1.29, 1.82) is 0 Å². The number of amides is 1. The maximum Gasteiger partial charge on any atom is 0.325 e. The van der Waals surface area contributed by atoms with E-state index in [9.17, 15) is 9.59 Å². The Hall–Kier alpha value is -1.10. The summed E-state index contributed by atoms with van der Waals surface area (Å²) in [6.45, 7) is 1.89. The van der Waals surface area contributed by atoms with Gasteiger partial charge >= 0.3 is 5.97 Å². The molecule has 0 aromatic carbocycles. The second kappa shape index (κ2) is 6.37. The van der Waals surface area contributed by atoms with Crippen molar-refractivity contribution in [2.75, 3.05) is 33.8 Å². The Balaban J connectivity index is 2.02. The van der Waals surface area contributed by atoms with Gasteiger partial charge in [0.2, 0.25) is 5.91 Å². The quantitative estimate of drug-likeness (QED) is 0.710. The number of rotatable bonds is 4. The molecule has 0 spiro atoms. The lowest BCUT2D eigenvalue weighted by atomic mass is 10.1. The van der Waals surface area contributed by atoms with Crippen LogP contribution in [-0.2, 0) is 14.3 Å². The van der Waals surface area contributed by atoms with Crippen LogP contribution in [0.2, 0.25) is 0 Å². The van der Waals surface area contributed by atoms with E-state index in [4.69, 9.17) is 4.74 Å². The van der Waals surface area contributed by atoms with Gasteiger partial charge in [0.05, 0.1) is 13.0 Å². The molecule has 1 saturated heterocycles. The fourth-order valence-corrected chi connectivity index (χ4v) is 3.18. The van der Waals surface area contributed by atoms with E-state index >= 15 is 0 Å².